The van der Waals surface area contributed by atoms with E-state index in [9.17, 15) is 9.59 Å². The van der Waals surface area contributed by atoms with Crippen molar-refractivity contribution in [1.29, 1.82) is 0 Å². The van der Waals surface area contributed by atoms with E-state index < -0.39 is 6.04 Å². The predicted molar refractivity (Wildman–Crippen MR) is 96.6 cm³/mol. The number of carbonyl (C=O) groups excluding carboxylic acids is 2. The average Bonchev–Trinajstić information content (AvgIpc) is 3.35. The van der Waals surface area contributed by atoms with Crippen LogP contribution in [0.4, 0.5) is 0 Å². The zero-order valence-electron chi connectivity index (χ0n) is 14.4. The average molecular weight is 378 g/mol. The third-order valence-electron chi connectivity index (χ3n) is 4.71. The number of hydrogen-bond acceptors (Lipinski definition) is 5. The molecule has 1 aliphatic heterocycles. The Kier molecular flexibility index (Phi) is 4.50. The van der Waals surface area contributed by atoms with Crippen molar-refractivity contribution < 1.29 is 18.7 Å². The molecule has 8 heteroatoms. The van der Waals surface area contributed by atoms with Gasteiger partial charge in [-0.05, 0) is 25.0 Å². The van der Waals surface area contributed by atoms with Crippen LogP contribution in [0.1, 0.15) is 23.4 Å². The fourth-order valence-corrected chi connectivity index (χ4v) is 3.41. The van der Waals surface area contributed by atoms with E-state index in [1.165, 1.54) is 7.11 Å². The molecule has 2 aliphatic rings. The van der Waals surface area contributed by atoms with Crippen LogP contribution in [0.15, 0.2) is 22.6 Å². The number of hydrogen-bond donors (Lipinski definition) is 2. The molecule has 1 unspecified atom stereocenters. The Morgan fingerprint density at radius 3 is 2.88 bits per heavy atom. The number of ether oxygens (including phenoxy) is 1. The number of benzene rings is 1. The van der Waals surface area contributed by atoms with E-state index in [0.29, 0.717) is 41.4 Å². The Morgan fingerprint density at radius 2 is 2.15 bits per heavy atom. The maximum atomic E-state index is 13.0. The summed E-state index contributed by atoms with van der Waals surface area (Å²) in [6.45, 7) is 1.50. The summed E-state index contributed by atoms with van der Waals surface area (Å²) in [7, 11) is 1.52. The van der Waals surface area contributed by atoms with E-state index in [2.05, 4.69) is 10.6 Å². The molecule has 2 N–H and O–H groups in total. The molecule has 26 heavy (non-hydrogen) atoms. The molecule has 1 saturated carbocycles. The minimum Gasteiger partial charge on any atom is -0.493 e. The van der Waals surface area contributed by atoms with Crippen molar-refractivity contribution in [2.75, 3.05) is 26.7 Å². The first-order valence-corrected chi connectivity index (χ1v) is 9.04. The highest BCUT2D eigenvalue weighted by Crippen LogP contribution is 2.33. The second kappa shape index (κ2) is 6.81. The van der Waals surface area contributed by atoms with Gasteiger partial charge in [-0.15, -0.1) is 0 Å². The molecular formula is C18H20ClN3O4. The molecule has 2 heterocycles. The van der Waals surface area contributed by atoms with Crippen molar-refractivity contribution >= 4 is 34.4 Å². The largest absolute Gasteiger partial charge is 0.493 e. The van der Waals surface area contributed by atoms with Gasteiger partial charge in [0.15, 0.2) is 17.1 Å². The fraction of sp³-hybridized carbons (Fsp3) is 0.444. The molecule has 1 aromatic heterocycles. The summed E-state index contributed by atoms with van der Waals surface area (Å²) < 4.78 is 11.0. The molecule has 1 aliphatic carbocycles. The lowest BCUT2D eigenvalue weighted by molar-refractivity contribution is -0.126. The van der Waals surface area contributed by atoms with Gasteiger partial charge < -0.3 is 24.7 Å². The molecule has 7 nitrogen and oxygen atoms in total. The van der Waals surface area contributed by atoms with Gasteiger partial charge in [0.25, 0.3) is 5.91 Å². The van der Waals surface area contributed by atoms with Gasteiger partial charge in [-0.3, -0.25) is 9.59 Å². The van der Waals surface area contributed by atoms with Gasteiger partial charge in [0.1, 0.15) is 6.04 Å². The molecule has 138 valence electrons. The summed E-state index contributed by atoms with van der Waals surface area (Å²) in [6, 6.07) is 4.70. The van der Waals surface area contributed by atoms with E-state index in [0.717, 1.165) is 12.8 Å². The lowest BCUT2D eigenvalue weighted by Crippen LogP contribution is -2.59. The van der Waals surface area contributed by atoms with Crippen LogP contribution in [0.5, 0.6) is 5.75 Å². The summed E-state index contributed by atoms with van der Waals surface area (Å²) >= 11 is 6.08. The first-order chi connectivity index (χ1) is 12.6. The number of nitrogens with zero attached hydrogens (tertiary/aromatic N) is 1. The van der Waals surface area contributed by atoms with E-state index in [-0.39, 0.29) is 23.6 Å². The van der Waals surface area contributed by atoms with Crippen LogP contribution in [0.3, 0.4) is 0 Å². The second-order valence-electron chi connectivity index (χ2n) is 6.64. The number of carbonyl (C=O) groups is 2. The van der Waals surface area contributed by atoms with Crippen molar-refractivity contribution in [2.45, 2.75) is 24.9 Å². The molecule has 2 fully saturated rings. The molecule has 1 saturated heterocycles. The van der Waals surface area contributed by atoms with E-state index >= 15 is 0 Å². The van der Waals surface area contributed by atoms with E-state index in [4.69, 9.17) is 20.8 Å². The number of piperazine rings is 1. The van der Waals surface area contributed by atoms with Crippen LogP contribution >= 0.6 is 11.6 Å². The monoisotopic (exact) mass is 377 g/mol. The van der Waals surface area contributed by atoms with Crippen LogP contribution in [0, 0.1) is 0 Å². The minimum absolute atomic E-state index is 0.121. The van der Waals surface area contributed by atoms with Gasteiger partial charge in [-0.1, -0.05) is 11.6 Å². The Labute approximate surface area is 155 Å². The topological polar surface area (TPSA) is 83.8 Å². The van der Waals surface area contributed by atoms with Crippen molar-refractivity contribution in [3.63, 3.8) is 0 Å². The van der Waals surface area contributed by atoms with E-state index in [1.54, 1.807) is 23.1 Å². The van der Waals surface area contributed by atoms with Crippen molar-refractivity contribution in [3.8, 4) is 5.75 Å². The number of halogens is 1. The number of methoxy groups -OCH3 is 1. The molecule has 2 amide bonds. The molecule has 1 atom stereocenters. The van der Waals surface area contributed by atoms with Crippen LogP contribution in [0.25, 0.3) is 11.0 Å². The highest BCUT2D eigenvalue weighted by molar-refractivity contribution is 6.31. The van der Waals surface area contributed by atoms with Crippen molar-refractivity contribution in [2.24, 2.45) is 0 Å². The Bertz CT molecular complexity index is 861. The smallest absolute Gasteiger partial charge is 0.290 e. The van der Waals surface area contributed by atoms with Gasteiger partial charge in [0, 0.05) is 42.2 Å². The maximum Gasteiger partial charge on any atom is 0.290 e. The summed E-state index contributed by atoms with van der Waals surface area (Å²) in [4.78, 5) is 27.1. The number of amides is 2. The van der Waals surface area contributed by atoms with Crippen LogP contribution in [-0.4, -0.2) is 55.5 Å². The second-order valence-corrected chi connectivity index (χ2v) is 7.07. The molecular weight excluding hydrogens is 358 g/mol. The normalized spacial score (nSPS) is 20.2. The predicted octanol–water partition coefficient (Wildman–Crippen LogP) is 1.79. The summed E-state index contributed by atoms with van der Waals surface area (Å²) in [6.07, 6.45) is 2.01. The number of rotatable bonds is 4. The zero-order chi connectivity index (χ0) is 18.3. The summed E-state index contributed by atoms with van der Waals surface area (Å²) in [5, 5.41) is 7.33. The molecule has 2 aromatic rings. The Hall–Kier alpha value is -2.25. The standard InChI is InChI=1S/C18H20ClN3O4/c1-25-14-8-11(19)6-10-7-15(26-16(10)14)18(24)22-5-4-20-9-13(22)17(23)21-12-2-3-12/h6-8,12-13,20H,2-5,9H2,1H3,(H,21,23). The number of fused-ring (bicyclic) bond motifs is 1. The highest BCUT2D eigenvalue weighted by Gasteiger charge is 2.36. The fourth-order valence-electron chi connectivity index (χ4n) is 3.19. The quantitative estimate of drug-likeness (QED) is 0.848. The molecule has 4 rings (SSSR count). The first-order valence-electron chi connectivity index (χ1n) is 8.66. The van der Waals surface area contributed by atoms with Gasteiger partial charge in [0.2, 0.25) is 5.91 Å². The van der Waals surface area contributed by atoms with E-state index in [1.807, 2.05) is 0 Å². The zero-order valence-corrected chi connectivity index (χ0v) is 15.1. The van der Waals surface area contributed by atoms with Crippen LogP contribution in [0.2, 0.25) is 5.02 Å². The summed E-state index contributed by atoms with van der Waals surface area (Å²) in [5.41, 5.74) is 0.467. The SMILES string of the molecule is COc1cc(Cl)cc2cc(C(=O)N3CCNCC3C(=O)NC3CC3)oc12. The lowest BCUT2D eigenvalue weighted by atomic mass is 10.1. The van der Waals surface area contributed by atoms with Gasteiger partial charge in [-0.2, -0.15) is 0 Å². The number of nitrogens with one attached hydrogen (secondary N) is 2. The van der Waals surface area contributed by atoms with Gasteiger partial charge in [-0.25, -0.2) is 0 Å². The molecule has 0 bridgehead atoms. The van der Waals surface area contributed by atoms with Crippen molar-refractivity contribution in [1.82, 2.24) is 15.5 Å². The molecule has 0 spiro atoms. The lowest BCUT2D eigenvalue weighted by Gasteiger charge is -2.34. The molecule has 1 aromatic carbocycles. The van der Waals surface area contributed by atoms with Crippen LogP contribution < -0.4 is 15.4 Å². The van der Waals surface area contributed by atoms with Gasteiger partial charge in [0.05, 0.1) is 7.11 Å². The maximum absolute atomic E-state index is 13.0. The Balaban J connectivity index is 1.62. The first kappa shape index (κ1) is 17.2. The molecule has 0 radical (unpaired) electrons. The van der Waals surface area contributed by atoms with Crippen molar-refractivity contribution in [3.05, 3.63) is 29.0 Å². The van der Waals surface area contributed by atoms with Gasteiger partial charge >= 0.3 is 0 Å². The third kappa shape index (κ3) is 3.24. The highest BCUT2D eigenvalue weighted by atomic mass is 35.5. The number of furan rings is 1. The third-order valence-corrected chi connectivity index (χ3v) is 4.93. The minimum atomic E-state index is -0.546. The summed E-state index contributed by atoms with van der Waals surface area (Å²) in [5.74, 6) is 0.211. The van der Waals surface area contributed by atoms with Crippen LogP contribution in [-0.2, 0) is 4.79 Å². The Morgan fingerprint density at radius 1 is 1.35 bits per heavy atom.